The third-order valence-electron chi connectivity index (χ3n) is 5.10. The summed E-state index contributed by atoms with van der Waals surface area (Å²) in [5.41, 5.74) is 5.23. The number of ketones is 1. The van der Waals surface area contributed by atoms with Crippen LogP contribution in [-0.4, -0.2) is 22.2 Å². The number of unbranched alkanes of at least 4 members (excludes halogenated alkanes) is 1. The molecule has 0 aliphatic rings. The molecule has 2 rings (SSSR count). The molecule has 0 aliphatic carbocycles. The molecule has 0 radical (unpaired) electrons. The standard InChI is InChI=1S/C24H33ClN2O2/c1-8-9-12-27-24(29-14-15(2)3)20(13-26-27)23(28)19-10-11-21(25)22(18(19)7)17(6)16(4)5/h10-11,13,15H,8-9,12,14H2,1-7H3. The van der Waals surface area contributed by atoms with Gasteiger partial charge in [0.15, 0.2) is 5.78 Å². The number of halogens is 1. The summed E-state index contributed by atoms with van der Waals surface area (Å²) in [4.78, 5) is 13.5. The second-order valence-corrected chi connectivity index (χ2v) is 8.60. The molecule has 0 atom stereocenters. The van der Waals surface area contributed by atoms with Crippen LogP contribution in [0.15, 0.2) is 23.9 Å². The smallest absolute Gasteiger partial charge is 0.223 e. The van der Waals surface area contributed by atoms with Crippen molar-refractivity contribution >= 4 is 23.0 Å². The van der Waals surface area contributed by atoms with Gasteiger partial charge in [-0.15, -0.1) is 0 Å². The lowest BCUT2D eigenvalue weighted by atomic mass is 9.92. The first-order valence-corrected chi connectivity index (χ1v) is 10.7. The van der Waals surface area contributed by atoms with Crippen LogP contribution in [0.25, 0.3) is 5.57 Å². The van der Waals surface area contributed by atoms with Crippen LogP contribution in [0.2, 0.25) is 5.02 Å². The number of rotatable bonds is 9. The quantitative estimate of drug-likeness (QED) is 0.426. The summed E-state index contributed by atoms with van der Waals surface area (Å²) in [5, 5.41) is 5.11. The zero-order valence-electron chi connectivity index (χ0n) is 18.7. The summed E-state index contributed by atoms with van der Waals surface area (Å²) in [5.74, 6) is 0.840. The predicted octanol–water partition coefficient (Wildman–Crippen LogP) is 6.72. The number of ether oxygens (including phenoxy) is 1. The Hall–Kier alpha value is -2.07. The van der Waals surface area contributed by atoms with Gasteiger partial charge in [0, 0.05) is 17.1 Å². The van der Waals surface area contributed by atoms with Gasteiger partial charge in [-0.2, -0.15) is 5.10 Å². The molecule has 0 amide bonds. The molecule has 5 heteroatoms. The molecule has 158 valence electrons. The van der Waals surface area contributed by atoms with Gasteiger partial charge in [-0.25, -0.2) is 4.68 Å². The van der Waals surface area contributed by atoms with E-state index in [-0.39, 0.29) is 5.78 Å². The van der Waals surface area contributed by atoms with Crippen molar-refractivity contribution < 1.29 is 9.53 Å². The van der Waals surface area contributed by atoms with Crippen LogP contribution in [0.5, 0.6) is 5.88 Å². The van der Waals surface area contributed by atoms with E-state index in [4.69, 9.17) is 16.3 Å². The van der Waals surface area contributed by atoms with Crippen LogP contribution in [0.1, 0.15) is 81.4 Å². The average molecular weight is 417 g/mol. The minimum atomic E-state index is -0.0801. The van der Waals surface area contributed by atoms with Crippen LogP contribution in [-0.2, 0) is 6.54 Å². The molecular weight excluding hydrogens is 384 g/mol. The fraction of sp³-hybridized carbons (Fsp3) is 0.500. The van der Waals surface area contributed by atoms with Crippen molar-refractivity contribution in [1.29, 1.82) is 0 Å². The molecule has 0 spiro atoms. The van der Waals surface area contributed by atoms with Gasteiger partial charge < -0.3 is 4.74 Å². The second-order valence-electron chi connectivity index (χ2n) is 8.19. The summed E-state index contributed by atoms with van der Waals surface area (Å²) in [6, 6.07) is 3.61. The van der Waals surface area contributed by atoms with Crippen LogP contribution < -0.4 is 4.74 Å². The summed E-state index contributed by atoms with van der Waals surface area (Å²) < 4.78 is 7.85. The number of aromatic nitrogens is 2. The van der Waals surface area contributed by atoms with Crippen LogP contribution in [0.3, 0.4) is 0 Å². The van der Waals surface area contributed by atoms with E-state index < -0.39 is 0 Å². The van der Waals surface area contributed by atoms with Gasteiger partial charge in [-0.05, 0) is 68.9 Å². The predicted molar refractivity (Wildman–Crippen MR) is 121 cm³/mol. The number of hydrogen-bond donors (Lipinski definition) is 0. The largest absolute Gasteiger partial charge is 0.477 e. The number of hydrogen-bond acceptors (Lipinski definition) is 3. The highest BCUT2D eigenvalue weighted by Gasteiger charge is 2.24. The number of carbonyl (C=O) groups excluding carboxylic acids is 1. The molecule has 0 N–H and O–H groups in total. The van der Waals surface area contributed by atoms with Crippen LogP contribution >= 0.6 is 11.6 Å². The fourth-order valence-electron chi connectivity index (χ4n) is 3.17. The highest BCUT2D eigenvalue weighted by molar-refractivity contribution is 6.32. The average Bonchev–Trinajstić information content (AvgIpc) is 3.06. The third-order valence-corrected chi connectivity index (χ3v) is 5.41. The van der Waals surface area contributed by atoms with E-state index in [1.54, 1.807) is 18.3 Å². The number of carbonyl (C=O) groups is 1. The van der Waals surface area contributed by atoms with E-state index in [0.717, 1.165) is 36.1 Å². The van der Waals surface area contributed by atoms with Gasteiger partial charge in [0.2, 0.25) is 5.88 Å². The van der Waals surface area contributed by atoms with E-state index >= 15 is 0 Å². The first-order valence-electron chi connectivity index (χ1n) is 10.4. The van der Waals surface area contributed by atoms with Crippen molar-refractivity contribution in [3.05, 3.63) is 51.2 Å². The van der Waals surface area contributed by atoms with Crippen LogP contribution in [0.4, 0.5) is 0 Å². The van der Waals surface area contributed by atoms with E-state index in [1.165, 1.54) is 5.57 Å². The first kappa shape index (κ1) is 23.2. The highest BCUT2D eigenvalue weighted by Crippen LogP contribution is 2.33. The molecule has 0 aliphatic heterocycles. The first-order chi connectivity index (χ1) is 13.7. The van der Waals surface area contributed by atoms with Crippen LogP contribution in [0, 0.1) is 12.8 Å². The van der Waals surface area contributed by atoms with Crippen molar-refractivity contribution in [1.82, 2.24) is 9.78 Å². The number of aryl methyl sites for hydroxylation is 1. The lowest BCUT2D eigenvalue weighted by molar-refractivity contribution is 0.103. The molecule has 4 nitrogen and oxygen atoms in total. The minimum absolute atomic E-state index is 0.0801. The molecule has 1 heterocycles. The van der Waals surface area contributed by atoms with E-state index in [9.17, 15) is 4.79 Å². The monoisotopic (exact) mass is 416 g/mol. The normalized spacial score (nSPS) is 11.1. The van der Waals surface area contributed by atoms with Crippen molar-refractivity contribution in [3.8, 4) is 5.88 Å². The SMILES string of the molecule is CCCCn1ncc(C(=O)c2ccc(Cl)c(C(C)=C(C)C)c2C)c1OCC(C)C. The lowest BCUT2D eigenvalue weighted by Crippen LogP contribution is -2.13. The molecule has 0 fully saturated rings. The van der Waals surface area contributed by atoms with Crippen molar-refractivity contribution in [2.24, 2.45) is 5.92 Å². The van der Waals surface area contributed by atoms with Gasteiger partial charge >= 0.3 is 0 Å². The van der Waals surface area contributed by atoms with Crippen molar-refractivity contribution in [2.45, 2.75) is 67.9 Å². The Balaban J connectivity index is 2.53. The Morgan fingerprint density at radius 3 is 2.48 bits per heavy atom. The van der Waals surface area contributed by atoms with Crippen molar-refractivity contribution in [2.75, 3.05) is 6.61 Å². The Morgan fingerprint density at radius 2 is 1.90 bits per heavy atom. The highest BCUT2D eigenvalue weighted by atomic mass is 35.5. The maximum atomic E-state index is 13.5. The van der Waals surface area contributed by atoms with Gasteiger partial charge in [0.25, 0.3) is 0 Å². The molecule has 29 heavy (non-hydrogen) atoms. The minimum Gasteiger partial charge on any atom is -0.477 e. The summed E-state index contributed by atoms with van der Waals surface area (Å²) in [6.07, 6.45) is 3.67. The Kier molecular flexibility index (Phi) is 8.09. The molecule has 0 bridgehead atoms. The van der Waals surface area contributed by atoms with Gasteiger partial charge in [-0.3, -0.25) is 4.79 Å². The number of nitrogens with zero attached hydrogens (tertiary/aromatic N) is 2. The zero-order chi connectivity index (χ0) is 21.7. The number of allylic oxidation sites excluding steroid dienone is 2. The molecule has 1 aromatic heterocycles. The van der Waals surface area contributed by atoms with Gasteiger partial charge in [0.1, 0.15) is 5.56 Å². The zero-order valence-corrected chi connectivity index (χ0v) is 19.5. The molecule has 0 saturated heterocycles. The fourth-order valence-corrected chi connectivity index (χ4v) is 3.52. The molecule has 1 aromatic carbocycles. The van der Waals surface area contributed by atoms with E-state index in [1.807, 2.05) is 18.5 Å². The third kappa shape index (κ3) is 5.30. The Morgan fingerprint density at radius 1 is 1.21 bits per heavy atom. The molecule has 0 unspecified atom stereocenters. The molecule has 2 aromatic rings. The molecular formula is C24H33ClN2O2. The Bertz CT molecular complexity index is 906. The lowest BCUT2D eigenvalue weighted by Gasteiger charge is -2.16. The summed E-state index contributed by atoms with van der Waals surface area (Å²) in [6.45, 7) is 15.7. The maximum absolute atomic E-state index is 13.5. The molecule has 0 saturated carbocycles. The second kappa shape index (κ2) is 10.1. The van der Waals surface area contributed by atoms with E-state index in [2.05, 4.69) is 39.7 Å². The van der Waals surface area contributed by atoms with Gasteiger partial charge in [0.05, 0.1) is 12.8 Å². The maximum Gasteiger partial charge on any atom is 0.223 e. The van der Waals surface area contributed by atoms with Crippen molar-refractivity contribution in [3.63, 3.8) is 0 Å². The van der Waals surface area contributed by atoms with E-state index in [0.29, 0.717) is 34.6 Å². The number of benzene rings is 1. The van der Waals surface area contributed by atoms with Gasteiger partial charge in [-0.1, -0.05) is 44.4 Å². The Labute approximate surface area is 179 Å². The topological polar surface area (TPSA) is 44.1 Å². The summed E-state index contributed by atoms with van der Waals surface area (Å²) in [7, 11) is 0. The summed E-state index contributed by atoms with van der Waals surface area (Å²) >= 11 is 6.48.